The number of sulfonamides is 1. The maximum Gasteiger partial charge on any atom is 0.274 e. The first kappa shape index (κ1) is 27.8. The summed E-state index contributed by atoms with van der Waals surface area (Å²) in [6, 6.07) is 9.16. The zero-order valence-electron chi connectivity index (χ0n) is 22.5. The maximum atomic E-state index is 14.2. The number of fused-ring (bicyclic) bond motifs is 3. The van der Waals surface area contributed by atoms with Gasteiger partial charge in [-0.15, -0.1) is 0 Å². The van der Waals surface area contributed by atoms with Crippen molar-refractivity contribution in [3.05, 3.63) is 41.5 Å². The van der Waals surface area contributed by atoms with Crippen molar-refractivity contribution in [2.75, 3.05) is 39.0 Å². The average molecular weight is 563 g/mol. The number of methoxy groups -OCH3 is 3. The van der Waals surface area contributed by atoms with Gasteiger partial charge in [-0.25, -0.2) is 12.7 Å². The molecule has 0 atom stereocenters. The molecule has 38 heavy (non-hydrogen) atoms. The Hall–Kier alpha value is -3.22. The number of ether oxygens (including phenoxy) is 4. The van der Waals surface area contributed by atoms with Crippen molar-refractivity contribution in [3.8, 4) is 34.3 Å². The number of anilines is 1. The third-order valence-corrected chi connectivity index (χ3v) is 9.94. The molecule has 0 aliphatic heterocycles. The van der Waals surface area contributed by atoms with E-state index in [0.29, 0.717) is 36.3 Å². The number of aromatic nitrogens is 1. The molecule has 1 N–H and O–H groups in total. The Morgan fingerprint density at radius 3 is 2.26 bits per heavy atom. The van der Waals surface area contributed by atoms with Crippen molar-refractivity contribution in [2.45, 2.75) is 43.4 Å². The number of nitrogens with zero attached hydrogens (tertiary/aromatic N) is 2. The first-order valence-corrected chi connectivity index (χ1v) is 17.4. The van der Waals surface area contributed by atoms with Gasteiger partial charge >= 0.3 is 0 Å². The van der Waals surface area contributed by atoms with E-state index in [2.05, 4.69) is 24.8 Å². The van der Waals surface area contributed by atoms with Crippen LogP contribution >= 0.6 is 0 Å². The van der Waals surface area contributed by atoms with Gasteiger partial charge in [-0.05, 0) is 42.6 Å². The fourth-order valence-electron chi connectivity index (χ4n) is 4.37. The third kappa shape index (κ3) is 5.20. The van der Waals surface area contributed by atoms with E-state index in [0.717, 1.165) is 15.9 Å². The van der Waals surface area contributed by atoms with E-state index in [-0.39, 0.29) is 40.4 Å². The number of hydrogen-bond donors (Lipinski definition) is 1. The van der Waals surface area contributed by atoms with E-state index in [9.17, 15) is 13.5 Å². The van der Waals surface area contributed by atoms with Gasteiger partial charge in [-0.2, -0.15) is 0 Å². The number of rotatable bonds is 11. The SMILES string of the molecule is COc1ccc2c(c1O)-c1onc(N(COCC[Si](C)(C)C)S(=O)(=O)c3c(OC)cccc3OC)c1CC2. The van der Waals surface area contributed by atoms with Gasteiger partial charge in [-0.3, -0.25) is 0 Å². The summed E-state index contributed by atoms with van der Waals surface area (Å²) in [5, 5.41) is 15.0. The summed E-state index contributed by atoms with van der Waals surface area (Å²) in [5.41, 5.74) is 1.84. The lowest BCUT2D eigenvalue weighted by molar-refractivity contribution is 0.155. The molecule has 1 aliphatic carbocycles. The molecule has 0 fully saturated rings. The first-order chi connectivity index (χ1) is 18.0. The summed E-state index contributed by atoms with van der Waals surface area (Å²) >= 11 is 0. The molecule has 0 saturated carbocycles. The summed E-state index contributed by atoms with van der Waals surface area (Å²) in [5.74, 6) is 0.845. The lowest BCUT2D eigenvalue weighted by Gasteiger charge is -2.26. The Morgan fingerprint density at radius 1 is 1.00 bits per heavy atom. The van der Waals surface area contributed by atoms with E-state index >= 15 is 0 Å². The summed E-state index contributed by atoms with van der Waals surface area (Å²) in [6.07, 6.45) is 1.01. The topological polar surface area (TPSA) is 121 Å². The zero-order chi connectivity index (χ0) is 27.7. The molecule has 1 aromatic heterocycles. The van der Waals surface area contributed by atoms with Crippen LogP contribution in [0.25, 0.3) is 11.3 Å². The molecule has 0 unspecified atom stereocenters. The Kier molecular flexibility index (Phi) is 7.95. The van der Waals surface area contributed by atoms with Crippen LogP contribution in [0.2, 0.25) is 25.7 Å². The largest absolute Gasteiger partial charge is 0.504 e. The number of benzene rings is 2. The van der Waals surface area contributed by atoms with Gasteiger partial charge in [0.15, 0.2) is 28.0 Å². The minimum absolute atomic E-state index is 0.0826. The lowest BCUT2D eigenvalue weighted by Crippen LogP contribution is -2.35. The van der Waals surface area contributed by atoms with Crippen molar-refractivity contribution < 1.29 is 37.0 Å². The van der Waals surface area contributed by atoms with Gasteiger partial charge < -0.3 is 28.6 Å². The monoisotopic (exact) mass is 562 g/mol. The number of hydrogen-bond acceptors (Lipinski definition) is 9. The second-order valence-corrected chi connectivity index (χ2v) is 17.6. The van der Waals surface area contributed by atoms with Crippen LogP contribution in [-0.4, -0.2) is 61.4 Å². The molecular formula is C26H34N2O8SSi. The molecule has 1 aliphatic rings. The zero-order valence-corrected chi connectivity index (χ0v) is 24.3. The molecule has 0 radical (unpaired) electrons. The van der Waals surface area contributed by atoms with Crippen molar-refractivity contribution in [2.24, 2.45) is 0 Å². The molecule has 12 heteroatoms. The van der Waals surface area contributed by atoms with Crippen LogP contribution in [0.5, 0.6) is 23.0 Å². The van der Waals surface area contributed by atoms with E-state index in [4.69, 9.17) is 23.5 Å². The first-order valence-electron chi connectivity index (χ1n) is 12.2. The normalized spacial score (nSPS) is 13.0. The van der Waals surface area contributed by atoms with Crippen molar-refractivity contribution in [1.82, 2.24) is 5.16 Å². The van der Waals surface area contributed by atoms with E-state index in [1.165, 1.54) is 21.3 Å². The smallest absolute Gasteiger partial charge is 0.274 e. The molecule has 0 saturated heterocycles. The predicted octanol–water partition coefficient (Wildman–Crippen LogP) is 4.68. The molecule has 0 bridgehead atoms. The van der Waals surface area contributed by atoms with Crippen LogP contribution in [0.15, 0.2) is 39.8 Å². The molecule has 1 heterocycles. The summed E-state index contributed by atoms with van der Waals surface area (Å²) in [4.78, 5) is -0.142. The average Bonchev–Trinajstić information content (AvgIpc) is 3.31. The van der Waals surface area contributed by atoms with Crippen LogP contribution in [0.1, 0.15) is 11.1 Å². The molecule has 3 aromatic rings. The Morgan fingerprint density at radius 2 is 1.66 bits per heavy atom. The highest BCUT2D eigenvalue weighted by Gasteiger charge is 2.38. The second-order valence-electron chi connectivity index (χ2n) is 10.2. The van der Waals surface area contributed by atoms with Crippen LogP contribution < -0.4 is 18.5 Å². The highest BCUT2D eigenvalue weighted by atomic mass is 32.2. The predicted molar refractivity (Wildman–Crippen MR) is 146 cm³/mol. The minimum Gasteiger partial charge on any atom is -0.504 e. The minimum atomic E-state index is -4.30. The lowest BCUT2D eigenvalue weighted by atomic mass is 9.89. The van der Waals surface area contributed by atoms with E-state index < -0.39 is 18.1 Å². The van der Waals surface area contributed by atoms with Gasteiger partial charge in [0, 0.05) is 20.2 Å². The molecule has 0 amide bonds. The number of aryl methyl sites for hydroxylation is 1. The van der Waals surface area contributed by atoms with Gasteiger partial charge in [0.2, 0.25) is 0 Å². The second kappa shape index (κ2) is 10.9. The number of phenolic OH excluding ortho intramolecular Hbond substituents is 1. The highest BCUT2D eigenvalue weighted by molar-refractivity contribution is 7.93. The number of aromatic hydroxyl groups is 1. The third-order valence-electron chi connectivity index (χ3n) is 6.46. The molecule has 2 aromatic carbocycles. The van der Waals surface area contributed by atoms with Crippen molar-refractivity contribution >= 4 is 23.9 Å². The Bertz CT molecular complexity index is 1390. The standard InChI is InChI=1S/C26H34N2O8SSi/c1-32-19-13-11-17-10-12-18-24(22(17)23(19)29)36-27-26(18)28(16-35-14-15-38(4,5)6)37(30,31)25-20(33-2)8-7-9-21(25)34-3/h7-9,11,13,29H,10,12,14-16H2,1-6H3. The maximum absolute atomic E-state index is 14.2. The summed E-state index contributed by atoms with van der Waals surface area (Å²) in [7, 11) is -1.46. The molecular weight excluding hydrogens is 528 g/mol. The Labute approximate surface area is 224 Å². The summed E-state index contributed by atoms with van der Waals surface area (Å²) in [6.45, 7) is 6.76. The molecule has 4 rings (SSSR count). The highest BCUT2D eigenvalue weighted by Crippen LogP contribution is 2.47. The van der Waals surface area contributed by atoms with Crippen molar-refractivity contribution in [3.63, 3.8) is 0 Å². The van der Waals surface area contributed by atoms with E-state index in [1.807, 2.05) is 6.07 Å². The fourth-order valence-corrected chi connectivity index (χ4v) is 6.74. The quantitative estimate of drug-likeness (QED) is 0.202. The van der Waals surface area contributed by atoms with E-state index in [1.54, 1.807) is 24.3 Å². The van der Waals surface area contributed by atoms with Gasteiger partial charge in [0.05, 0.1) is 26.9 Å². The molecule has 206 valence electrons. The van der Waals surface area contributed by atoms with Crippen LogP contribution in [-0.2, 0) is 27.6 Å². The van der Waals surface area contributed by atoms with Crippen molar-refractivity contribution in [1.29, 1.82) is 0 Å². The summed E-state index contributed by atoms with van der Waals surface area (Å²) < 4.78 is 57.2. The Balaban J connectivity index is 1.84. The van der Waals surface area contributed by atoms with Crippen LogP contribution in [0.4, 0.5) is 5.82 Å². The van der Waals surface area contributed by atoms with Crippen LogP contribution in [0.3, 0.4) is 0 Å². The van der Waals surface area contributed by atoms with Gasteiger partial charge in [0.1, 0.15) is 18.2 Å². The van der Waals surface area contributed by atoms with Crippen LogP contribution in [0, 0.1) is 0 Å². The van der Waals surface area contributed by atoms with Gasteiger partial charge in [-0.1, -0.05) is 36.9 Å². The van der Waals surface area contributed by atoms with Gasteiger partial charge in [0.25, 0.3) is 10.0 Å². The fraction of sp³-hybridized carbons (Fsp3) is 0.423. The molecule has 0 spiro atoms. The number of phenols is 1. The molecule has 10 nitrogen and oxygen atoms in total.